The van der Waals surface area contributed by atoms with Crippen molar-refractivity contribution in [2.75, 3.05) is 18.5 Å². The van der Waals surface area contributed by atoms with Gasteiger partial charge in [0.25, 0.3) is 0 Å². The van der Waals surface area contributed by atoms with Gasteiger partial charge >= 0.3 is 0 Å². The predicted molar refractivity (Wildman–Crippen MR) is 110 cm³/mol. The number of ether oxygens (including phenoxy) is 1. The van der Waals surface area contributed by atoms with Crippen molar-refractivity contribution >= 4 is 16.9 Å². The summed E-state index contributed by atoms with van der Waals surface area (Å²) in [6.07, 6.45) is 3.74. The molecule has 1 fully saturated rings. The molecule has 5 nitrogen and oxygen atoms in total. The fraction of sp³-hybridized carbons (Fsp3) is 0.217. The monoisotopic (exact) mass is 389 g/mol. The van der Waals surface area contributed by atoms with Gasteiger partial charge in [-0.25, -0.2) is 14.4 Å². The van der Waals surface area contributed by atoms with Crippen LogP contribution in [0, 0.1) is 5.82 Å². The summed E-state index contributed by atoms with van der Waals surface area (Å²) in [5, 5.41) is 4.13. The molecule has 29 heavy (non-hydrogen) atoms. The third kappa shape index (κ3) is 3.47. The van der Waals surface area contributed by atoms with E-state index in [-0.39, 0.29) is 11.9 Å². The predicted octanol–water partition coefficient (Wildman–Crippen LogP) is 5.29. The number of nitrogens with one attached hydrogen (secondary N) is 1. The van der Waals surface area contributed by atoms with Gasteiger partial charge in [-0.15, -0.1) is 0 Å². The Kier molecular flexibility index (Phi) is 4.69. The van der Waals surface area contributed by atoms with Crippen molar-refractivity contribution in [1.29, 1.82) is 0 Å². The Morgan fingerprint density at radius 3 is 2.69 bits per heavy atom. The van der Waals surface area contributed by atoms with Crippen LogP contribution in [0.3, 0.4) is 0 Å². The molecule has 2 aromatic carbocycles. The lowest BCUT2D eigenvalue weighted by Crippen LogP contribution is -2.19. The highest BCUT2D eigenvalue weighted by Gasteiger charge is 2.23. The first-order valence-corrected chi connectivity index (χ1v) is 9.74. The average molecular weight is 389 g/mol. The second-order valence-corrected chi connectivity index (χ2v) is 7.10. The van der Waals surface area contributed by atoms with E-state index >= 15 is 0 Å². The van der Waals surface area contributed by atoms with Gasteiger partial charge in [-0.1, -0.05) is 42.5 Å². The Labute approximate surface area is 167 Å². The van der Waals surface area contributed by atoms with Crippen LogP contribution in [-0.2, 0) is 4.74 Å². The van der Waals surface area contributed by atoms with Gasteiger partial charge in [-0.2, -0.15) is 0 Å². The van der Waals surface area contributed by atoms with E-state index in [0.29, 0.717) is 23.8 Å². The van der Waals surface area contributed by atoms with Crippen LogP contribution in [0.1, 0.15) is 12.8 Å². The lowest BCUT2D eigenvalue weighted by atomic mass is 9.99. The normalized spacial score (nSPS) is 16.4. The number of hydrogen-bond acceptors (Lipinski definition) is 5. The fourth-order valence-electron chi connectivity index (χ4n) is 3.80. The van der Waals surface area contributed by atoms with Gasteiger partial charge in [0, 0.05) is 24.3 Å². The van der Waals surface area contributed by atoms with E-state index in [0.717, 1.165) is 41.5 Å². The molecule has 6 heteroatoms. The Hall–Kier alpha value is -3.25. The zero-order valence-electron chi connectivity index (χ0n) is 15.8. The van der Waals surface area contributed by atoms with Crippen LogP contribution in [0.5, 0.6) is 0 Å². The highest BCUT2D eigenvalue weighted by atomic mass is 19.1. The Bertz CT molecular complexity index is 1140. The van der Waals surface area contributed by atoms with Gasteiger partial charge in [0.1, 0.15) is 23.7 Å². The number of furan rings is 1. The Morgan fingerprint density at radius 2 is 1.90 bits per heavy atom. The minimum Gasteiger partial charge on any atom is -0.437 e. The standard InChI is InChI=1S/C23H20FN3O2/c24-17-9-4-8-16(12-17)19-20-22(25-13-18-10-5-11-28-18)26-14-27-23(20)29-21(19)15-6-2-1-3-7-15/h1-4,6-9,12,14,18H,5,10-11,13H2,(H,25,26,27). The first-order valence-electron chi connectivity index (χ1n) is 9.74. The van der Waals surface area contributed by atoms with Gasteiger partial charge in [-0.05, 0) is 30.5 Å². The molecule has 4 aromatic rings. The molecule has 0 aliphatic carbocycles. The van der Waals surface area contributed by atoms with Crippen molar-refractivity contribution < 1.29 is 13.5 Å². The van der Waals surface area contributed by atoms with Gasteiger partial charge < -0.3 is 14.5 Å². The molecule has 1 aliphatic heterocycles. The molecule has 1 aliphatic rings. The second-order valence-electron chi connectivity index (χ2n) is 7.10. The van der Waals surface area contributed by atoms with Crippen LogP contribution in [0.2, 0.25) is 0 Å². The summed E-state index contributed by atoms with van der Waals surface area (Å²) in [5.74, 6) is 1.00. The van der Waals surface area contributed by atoms with Gasteiger partial charge in [-0.3, -0.25) is 0 Å². The molecule has 0 spiro atoms. The molecule has 0 radical (unpaired) electrons. The van der Waals surface area contributed by atoms with Crippen molar-refractivity contribution in [2.24, 2.45) is 0 Å². The third-order valence-corrected chi connectivity index (χ3v) is 5.16. The molecule has 3 heterocycles. The molecular formula is C23H20FN3O2. The highest BCUT2D eigenvalue weighted by Crippen LogP contribution is 2.42. The third-order valence-electron chi connectivity index (χ3n) is 5.16. The lowest BCUT2D eigenvalue weighted by molar-refractivity contribution is 0.120. The van der Waals surface area contributed by atoms with Crippen molar-refractivity contribution in [3.63, 3.8) is 0 Å². The summed E-state index contributed by atoms with van der Waals surface area (Å²) < 4.78 is 25.9. The number of aromatic nitrogens is 2. The zero-order chi connectivity index (χ0) is 19.6. The van der Waals surface area contributed by atoms with Crippen molar-refractivity contribution in [3.8, 4) is 22.5 Å². The molecule has 1 unspecified atom stereocenters. The molecule has 2 aromatic heterocycles. The molecule has 0 saturated carbocycles. The van der Waals surface area contributed by atoms with Crippen molar-refractivity contribution in [3.05, 3.63) is 66.7 Å². The largest absolute Gasteiger partial charge is 0.437 e. The summed E-state index contributed by atoms with van der Waals surface area (Å²) in [6, 6.07) is 16.3. The van der Waals surface area contributed by atoms with Crippen LogP contribution >= 0.6 is 0 Å². The SMILES string of the molecule is Fc1cccc(-c2c(-c3ccccc3)oc3ncnc(NCC4CCCO4)c23)c1. The number of benzene rings is 2. The first kappa shape index (κ1) is 17.8. The Balaban J connectivity index is 1.68. The topological polar surface area (TPSA) is 60.2 Å². The van der Waals surface area contributed by atoms with Crippen molar-refractivity contribution in [1.82, 2.24) is 9.97 Å². The highest BCUT2D eigenvalue weighted by molar-refractivity contribution is 6.05. The van der Waals surface area contributed by atoms with Crippen LogP contribution in [0.25, 0.3) is 33.6 Å². The first-order chi connectivity index (χ1) is 14.3. The van der Waals surface area contributed by atoms with E-state index in [4.69, 9.17) is 9.15 Å². The van der Waals surface area contributed by atoms with Crippen LogP contribution in [-0.4, -0.2) is 29.2 Å². The Morgan fingerprint density at radius 1 is 1.03 bits per heavy atom. The summed E-state index contributed by atoms with van der Waals surface area (Å²) >= 11 is 0. The van der Waals surface area contributed by atoms with Crippen LogP contribution < -0.4 is 5.32 Å². The van der Waals surface area contributed by atoms with E-state index in [9.17, 15) is 4.39 Å². The maximum absolute atomic E-state index is 14.1. The number of rotatable bonds is 5. The van der Waals surface area contributed by atoms with Crippen LogP contribution in [0.4, 0.5) is 10.2 Å². The summed E-state index contributed by atoms with van der Waals surface area (Å²) in [6.45, 7) is 1.45. The summed E-state index contributed by atoms with van der Waals surface area (Å²) in [5.41, 5.74) is 2.86. The van der Waals surface area contributed by atoms with E-state index in [2.05, 4.69) is 15.3 Å². The molecule has 5 rings (SSSR count). The number of halogens is 1. The quantitative estimate of drug-likeness (QED) is 0.503. The van der Waals surface area contributed by atoms with E-state index < -0.39 is 0 Å². The molecule has 1 atom stereocenters. The number of hydrogen-bond donors (Lipinski definition) is 1. The van der Waals surface area contributed by atoms with Gasteiger partial charge in [0.05, 0.1) is 11.5 Å². The smallest absolute Gasteiger partial charge is 0.232 e. The average Bonchev–Trinajstić information content (AvgIpc) is 3.41. The number of anilines is 1. The van der Waals surface area contributed by atoms with Crippen LogP contribution in [0.15, 0.2) is 65.3 Å². The molecule has 0 bridgehead atoms. The molecule has 1 saturated heterocycles. The maximum Gasteiger partial charge on any atom is 0.232 e. The second kappa shape index (κ2) is 7.64. The molecule has 146 valence electrons. The summed E-state index contributed by atoms with van der Waals surface area (Å²) in [4.78, 5) is 8.79. The number of nitrogens with zero attached hydrogens (tertiary/aromatic N) is 2. The van der Waals surface area contributed by atoms with E-state index in [1.54, 1.807) is 6.07 Å². The lowest BCUT2D eigenvalue weighted by Gasteiger charge is -2.12. The minimum atomic E-state index is -0.304. The number of fused-ring (bicyclic) bond motifs is 1. The fourth-order valence-corrected chi connectivity index (χ4v) is 3.80. The molecule has 0 amide bonds. The molecule has 1 N–H and O–H groups in total. The zero-order valence-corrected chi connectivity index (χ0v) is 15.8. The van der Waals surface area contributed by atoms with Crippen molar-refractivity contribution in [2.45, 2.75) is 18.9 Å². The van der Waals surface area contributed by atoms with Gasteiger partial charge in [0.15, 0.2) is 0 Å². The maximum atomic E-state index is 14.1. The minimum absolute atomic E-state index is 0.165. The summed E-state index contributed by atoms with van der Waals surface area (Å²) in [7, 11) is 0. The van der Waals surface area contributed by atoms with E-state index in [1.807, 2.05) is 36.4 Å². The van der Waals surface area contributed by atoms with E-state index in [1.165, 1.54) is 18.5 Å². The molecular weight excluding hydrogens is 369 g/mol. The van der Waals surface area contributed by atoms with Gasteiger partial charge in [0.2, 0.25) is 5.71 Å².